The minimum absolute atomic E-state index is 0. The number of fused-ring (bicyclic) bond motifs is 1. The van der Waals surface area contributed by atoms with Crippen LogP contribution < -0.4 is 19.9 Å². The first-order valence-electron chi connectivity index (χ1n) is 11.5. The highest BCUT2D eigenvalue weighted by molar-refractivity contribution is 5.85. The maximum absolute atomic E-state index is 12.3. The van der Waals surface area contributed by atoms with Crippen LogP contribution >= 0.6 is 0 Å². The molecule has 1 saturated carbocycles. The number of ether oxygens (including phenoxy) is 3. The van der Waals surface area contributed by atoms with Crippen molar-refractivity contribution in [2.75, 3.05) is 31.2 Å². The van der Waals surface area contributed by atoms with Gasteiger partial charge in [-0.15, -0.1) is 0 Å². The molecule has 1 aliphatic carbocycles. The molecule has 1 aromatic carbocycles. The van der Waals surface area contributed by atoms with Gasteiger partial charge in [-0.2, -0.15) is 4.98 Å². The first-order valence-corrected chi connectivity index (χ1v) is 11.5. The second-order valence-electron chi connectivity index (χ2n) is 8.64. The van der Waals surface area contributed by atoms with Crippen molar-refractivity contribution in [2.24, 2.45) is 7.05 Å². The summed E-state index contributed by atoms with van der Waals surface area (Å²) in [6.07, 6.45) is 6.75. The Balaban J connectivity index is 0.00000171. The third-order valence-electron chi connectivity index (χ3n) is 6.35. The van der Waals surface area contributed by atoms with Gasteiger partial charge in [0.2, 0.25) is 5.88 Å². The van der Waals surface area contributed by atoms with Gasteiger partial charge in [0.1, 0.15) is 23.2 Å². The second kappa shape index (κ2) is 11.5. The zero-order chi connectivity index (χ0) is 22.8. The van der Waals surface area contributed by atoms with Gasteiger partial charge in [0.25, 0.3) is 5.56 Å². The molecule has 0 N–H and O–H groups in total. The van der Waals surface area contributed by atoms with E-state index in [1.165, 1.54) is 6.20 Å². The van der Waals surface area contributed by atoms with Gasteiger partial charge in [0, 0.05) is 44.2 Å². The van der Waals surface area contributed by atoms with Crippen LogP contribution in [0.25, 0.3) is 11.0 Å². The minimum Gasteiger partial charge on any atom is -0.488 e. The number of aromatic nitrogens is 4. The number of hydrogen-bond donors (Lipinski definition) is 0. The fourth-order valence-electron chi connectivity index (χ4n) is 4.55. The van der Waals surface area contributed by atoms with Crippen LogP contribution in [0.5, 0.6) is 11.6 Å². The van der Waals surface area contributed by atoms with E-state index in [1.54, 1.807) is 23.9 Å². The topological polar surface area (TPSA) is 91.6 Å². The Bertz CT molecular complexity index is 1180. The molecule has 2 aromatic heterocycles. The van der Waals surface area contributed by atoms with E-state index in [9.17, 15) is 4.79 Å². The molecule has 35 heavy (non-hydrogen) atoms. The highest BCUT2D eigenvalue weighted by atomic mass is 16.5. The molecule has 0 bridgehead atoms. The summed E-state index contributed by atoms with van der Waals surface area (Å²) < 4.78 is 19.7. The van der Waals surface area contributed by atoms with Crippen molar-refractivity contribution in [1.29, 1.82) is 0 Å². The molecule has 5 rings (SSSR count). The SMILES string of the molecule is C.C.Cc1nccc(OC2CCC(Oc3cc(N4CCOCC4)cc4ncc(=O)n(C)c34)CC2)n1. The van der Waals surface area contributed by atoms with Gasteiger partial charge < -0.3 is 23.7 Å². The quantitative estimate of drug-likeness (QED) is 0.539. The third-order valence-corrected chi connectivity index (χ3v) is 6.35. The Kier molecular flexibility index (Phi) is 8.67. The maximum Gasteiger partial charge on any atom is 0.269 e. The second-order valence-corrected chi connectivity index (χ2v) is 8.64. The lowest BCUT2D eigenvalue weighted by molar-refractivity contribution is 0.0784. The number of aryl methyl sites for hydroxylation is 2. The predicted octanol–water partition coefficient (Wildman–Crippen LogP) is 3.91. The Labute approximate surface area is 207 Å². The lowest BCUT2D eigenvalue weighted by atomic mass is 9.95. The van der Waals surface area contributed by atoms with Crippen molar-refractivity contribution >= 4 is 16.7 Å². The summed E-state index contributed by atoms with van der Waals surface area (Å²) in [6, 6.07) is 5.87. The molecule has 0 radical (unpaired) electrons. The fourth-order valence-corrected chi connectivity index (χ4v) is 4.55. The third kappa shape index (κ3) is 5.90. The molecule has 1 saturated heterocycles. The van der Waals surface area contributed by atoms with E-state index in [0.717, 1.165) is 55.5 Å². The standard InChI is InChI=1S/C24H29N5O4.2CH4/c1-16-25-8-7-22(27-16)33-19-5-3-18(4-6-19)32-21-14-17(29-9-11-31-12-10-29)13-20-24(21)28(2)23(30)15-26-20;;/h7-8,13-15,18-19H,3-6,9-12H2,1-2H3;2*1H4. The fraction of sp³-hybridized carbons (Fsp3) is 0.538. The van der Waals surface area contributed by atoms with Crippen molar-refractivity contribution in [1.82, 2.24) is 19.5 Å². The normalized spacial score (nSPS) is 20.0. The Hall–Kier alpha value is -3.20. The van der Waals surface area contributed by atoms with Crippen LogP contribution in [0.4, 0.5) is 5.69 Å². The lowest BCUT2D eigenvalue weighted by Crippen LogP contribution is -2.36. The minimum atomic E-state index is -0.149. The summed E-state index contributed by atoms with van der Waals surface area (Å²) in [5.74, 6) is 2.03. The van der Waals surface area contributed by atoms with Crippen LogP contribution in [0.2, 0.25) is 0 Å². The van der Waals surface area contributed by atoms with Crippen LogP contribution in [0.1, 0.15) is 46.4 Å². The molecule has 9 nitrogen and oxygen atoms in total. The van der Waals surface area contributed by atoms with Gasteiger partial charge >= 0.3 is 0 Å². The van der Waals surface area contributed by atoms with E-state index in [1.807, 2.05) is 19.1 Å². The van der Waals surface area contributed by atoms with E-state index in [2.05, 4.69) is 19.9 Å². The van der Waals surface area contributed by atoms with Gasteiger partial charge in [-0.1, -0.05) is 14.9 Å². The van der Waals surface area contributed by atoms with Crippen LogP contribution in [0, 0.1) is 6.92 Å². The van der Waals surface area contributed by atoms with Gasteiger partial charge in [0.15, 0.2) is 0 Å². The van der Waals surface area contributed by atoms with E-state index >= 15 is 0 Å². The van der Waals surface area contributed by atoms with Gasteiger partial charge in [-0.05, 0) is 38.7 Å². The summed E-state index contributed by atoms with van der Waals surface area (Å²) in [4.78, 5) is 27.4. The number of rotatable bonds is 5. The first-order chi connectivity index (χ1) is 16.1. The largest absolute Gasteiger partial charge is 0.488 e. The van der Waals surface area contributed by atoms with Crippen LogP contribution in [0.15, 0.2) is 35.4 Å². The zero-order valence-corrected chi connectivity index (χ0v) is 19.1. The molecule has 0 unspecified atom stereocenters. The molecule has 190 valence electrons. The summed E-state index contributed by atoms with van der Waals surface area (Å²) in [7, 11) is 1.77. The van der Waals surface area contributed by atoms with Gasteiger partial charge in [-0.3, -0.25) is 4.79 Å². The van der Waals surface area contributed by atoms with Crippen LogP contribution in [-0.4, -0.2) is 58.0 Å². The number of hydrogen-bond acceptors (Lipinski definition) is 8. The summed E-state index contributed by atoms with van der Waals surface area (Å²) in [6.45, 7) is 4.90. The van der Waals surface area contributed by atoms with Crippen molar-refractivity contribution in [3.05, 3.63) is 46.8 Å². The molecule has 2 aliphatic rings. The Morgan fingerprint density at radius 2 is 1.69 bits per heavy atom. The monoisotopic (exact) mass is 483 g/mol. The van der Waals surface area contributed by atoms with E-state index in [4.69, 9.17) is 14.2 Å². The maximum atomic E-state index is 12.3. The van der Waals surface area contributed by atoms with Gasteiger partial charge in [0.05, 0.1) is 31.0 Å². The Morgan fingerprint density at radius 3 is 2.37 bits per heavy atom. The summed E-state index contributed by atoms with van der Waals surface area (Å²) >= 11 is 0. The molecular formula is C26H37N5O4. The number of anilines is 1. The molecule has 0 atom stereocenters. The van der Waals surface area contributed by atoms with Crippen molar-refractivity contribution in [2.45, 2.75) is 59.7 Å². The summed E-state index contributed by atoms with van der Waals surface area (Å²) in [5, 5.41) is 0. The van der Waals surface area contributed by atoms with Crippen LogP contribution in [0.3, 0.4) is 0 Å². The predicted molar refractivity (Wildman–Crippen MR) is 138 cm³/mol. The molecule has 0 amide bonds. The zero-order valence-electron chi connectivity index (χ0n) is 19.1. The highest BCUT2D eigenvalue weighted by Gasteiger charge is 2.26. The molecule has 3 aromatic rings. The Morgan fingerprint density at radius 1 is 1.00 bits per heavy atom. The lowest BCUT2D eigenvalue weighted by Gasteiger charge is -2.31. The van der Waals surface area contributed by atoms with E-state index in [0.29, 0.717) is 30.7 Å². The average molecular weight is 484 g/mol. The van der Waals surface area contributed by atoms with Crippen LogP contribution in [-0.2, 0) is 11.8 Å². The number of morpholine rings is 1. The molecule has 9 heteroatoms. The number of nitrogens with zero attached hydrogens (tertiary/aromatic N) is 5. The van der Waals surface area contributed by atoms with E-state index in [-0.39, 0.29) is 32.6 Å². The number of benzene rings is 1. The highest BCUT2D eigenvalue weighted by Crippen LogP contribution is 2.33. The smallest absolute Gasteiger partial charge is 0.269 e. The van der Waals surface area contributed by atoms with E-state index < -0.39 is 0 Å². The average Bonchev–Trinajstić information content (AvgIpc) is 2.83. The first kappa shape index (κ1) is 26.4. The molecule has 2 fully saturated rings. The molecule has 1 aliphatic heterocycles. The van der Waals surface area contributed by atoms with Crippen molar-refractivity contribution < 1.29 is 14.2 Å². The van der Waals surface area contributed by atoms with Gasteiger partial charge in [-0.25, -0.2) is 9.97 Å². The molecule has 3 heterocycles. The summed E-state index contributed by atoms with van der Waals surface area (Å²) in [5.41, 5.74) is 2.38. The molecular weight excluding hydrogens is 446 g/mol. The van der Waals surface area contributed by atoms with Crippen molar-refractivity contribution in [3.8, 4) is 11.6 Å². The molecule has 0 spiro atoms. The van der Waals surface area contributed by atoms with Crippen molar-refractivity contribution in [3.63, 3.8) is 0 Å².